The van der Waals surface area contributed by atoms with Crippen LogP contribution in [0.1, 0.15) is 53.0 Å². The number of carbonyl (C=O) groups excluding carboxylic acids is 1. The first-order valence-corrected chi connectivity index (χ1v) is 8.63. The highest BCUT2D eigenvalue weighted by molar-refractivity contribution is 6.08. The van der Waals surface area contributed by atoms with Crippen molar-refractivity contribution in [3.8, 4) is 0 Å². The molecule has 0 radical (unpaired) electrons. The van der Waals surface area contributed by atoms with Crippen molar-refractivity contribution >= 4 is 11.6 Å². The standard InChI is InChI=1S/C20H22N2O2/c1-12-10-13(2)21(16-8-9-16)19(23)18(12)20(24)22-14(3)11-15-6-4-5-7-17(15)22/h4-7,10,14,16H,8-9,11H2,1-3H3. The fourth-order valence-electron chi connectivity index (χ4n) is 3.95. The van der Waals surface area contributed by atoms with Crippen molar-refractivity contribution in [3.63, 3.8) is 0 Å². The summed E-state index contributed by atoms with van der Waals surface area (Å²) in [6, 6.07) is 10.3. The number of aryl methyl sites for hydroxylation is 2. The lowest BCUT2D eigenvalue weighted by atomic mass is 10.1. The third-order valence-electron chi connectivity index (χ3n) is 5.18. The Labute approximate surface area is 141 Å². The first kappa shape index (κ1) is 15.2. The number of hydrogen-bond donors (Lipinski definition) is 0. The van der Waals surface area contributed by atoms with Gasteiger partial charge >= 0.3 is 0 Å². The van der Waals surface area contributed by atoms with E-state index in [-0.39, 0.29) is 23.6 Å². The second kappa shape index (κ2) is 5.33. The molecule has 1 amide bonds. The molecule has 1 aliphatic heterocycles. The van der Waals surface area contributed by atoms with Crippen LogP contribution >= 0.6 is 0 Å². The second-order valence-corrected chi connectivity index (χ2v) is 7.11. The smallest absolute Gasteiger partial charge is 0.264 e. The van der Waals surface area contributed by atoms with E-state index in [1.807, 2.05) is 49.6 Å². The van der Waals surface area contributed by atoms with Crippen LogP contribution in [0.3, 0.4) is 0 Å². The van der Waals surface area contributed by atoms with E-state index in [4.69, 9.17) is 0 Å². The van der Waals surface area contributed by atoms with Crippen LogP contribution in [-0.2, 0) is 6.42 Å². The molecule has 24 heavy (non-hydrogen) atoms. The predicted octanol–water partition coefficient (Wildman–Crippen LogP) is 3.39. The van der Waals surface area contributed by atoms with E-state index in [1.165, 1.54) is 5.56 Å². The van der Waals surface area contributed by atoms with Gasteiger partial charge in [-0.3, -0.25) is 9.59 Å². The Hall–Kier alpha value is -2.36. The van der Waals surface area contributed by atoms with Crippen molar-refractivity contribution in [1.82, 2.24) is 4.57 Å². The quantitative estimate of drug-likeness (QED) is 0.850. The fraction of sp³-hybridized carbons (Fsp3) is 0.400. The van der Waals surface area contributed by atoms with Gasteiger partial charge in [-0.15, -0.1) is 0 Å². The Morgan fingerprint density at radius 3 is 2.58 bits per heavy atom. The van der Waals surface area contributed by atoms with Crippen LogP contribution in [0.15, 0.2) is 35.1 Å². The number of pyridine rings is 1. The van der Waals surface area contributed by atoms with Crippen molar-refractivity contribution in [2.45, 2.75) is 52.1 Å². The van der Waals surface area contributed by atoms with Gasteiger partial charge in [0, 0.05) is 23.5 Å². The van der Waals surface area contributed by atoms with Gasteiger partial charge in [-0.25, -0.2) is 0 Å². The van der Waals surface area contributed by atoms with E-state index in [1.54, 1.807) is 4.90 Å². The average molecular weight is 322 g/mol. The van der Waals surface area contributed by atoms with Crippen LogP contribution in [-0.4, -0.2) is 16.5 Å². The number of benzene rings is 1. The number of para-hydroxylation sites is 1. The molecule has 1 aromatic heterocycles. The molecule has 0 N–H and O–H groups in total. The maximum Gasteiger partial charge on any atom is 0.264 e. The second-order valence-electron chi connectivity index (χ2n) is 7.11. The first-order chi connectivity index (χ1) is 11.5. The zero-order valence-corrected chi connectivity index (χ0v) is 14.4. The Morgan fingerprint density at radius 2 is 1.88 bits per heavy atom. The molecule has 1 fully saturated rings. The maximum atomic E-state index is 13.3. The molecule has 0 spiro atoms. The SMILES string of the molecule is Cc1cc(C)n(C2CC2)c(=O)c1C(=O)N1c2ccccc2CC1C. The van der Waals surface area contributed by atoms with E-state index < -0.39 is 0 Å². The molecule has 1 saturated carbocycles. The molecule has 4 heteroatoms. The van der Waals surface area contributed by atoms with Crippen LogP contribution in [0.5, 0.6) is 0 Å². The normalized spacial score (nSPS) is 19.5. The highest BCUT2D eigenvalue weighted by Gasteiger charge is 2.35. The van der Waals surface area contributed by atoms with Gasteiger partial charge in [-0.05, 0) is 63.3 Å². The molecular formula is C20H22N2O2. The lowest BCUT2D eigenvalue weighted by molar-refractivity contribution is 0.0979. The summed E-state index contributed by atoms with van der Waals surface area (Å²) < 4.78 is 1.81. The third kappa shape index (κ3) is 2.20. The van der Waals surface area contributed by atoms with Crippen molar-refractivity contribution in [1.29, 1.82) is 0 Å². The van der Waals surface area contributed by atoms with Crippen molar-refractivity contribution in [2.75, 3.05) is 4.90 Å². The molecule has 2 aliphatic rings. The lowest BCUT2D eigenvalue weighted by Gasteiger charge is -2.24. The summed E-state index contributed by atoms with van der Waals surface area (Å²) in [6.45, 7) is 5.86. The highest BCUT2D eigenvalue weighted by atomic mass is 16.2. The van der Waals surface area contributed by atoms with Gasteiger partial charge in [-0.1, -0.05) is 18.2 Å². The van der Waals surface area contributed by atoms with E-state index in [9.17, 15) is 9.59 Å². The molecule has 0 bridgehead atoms. The van der Waals surface area contributed by atoms with Crippen LogP contribution < -0.4 is 10.5 Å². The number of rotatable bonds is 2. The minimum atomic E-state index is -0.163. The number of hydrogen-bond acceptors (Lipinski definition) is 2. The molecule has 0 saturated heterocycles. The van der Waals surface area contributed by atoms with Crippen LogP contribution in [0.2, 0.25) is 0 Å². The van der Waals surface area contributed by atoms with Crippen molar-refractivity contribution in [3.05, 3.63) is 63.1 Å². The molecule has 2 aromatic rings. The molecule has 4 rings (SSSR count). The Balaban J connectivity index is 1.84. The molecule has 2 heterocycles. The Morgan fingerprint density at radius 1 is 1.17 bits per heavy atom. The van der Waals surface area contributed by atoms with E-state index in [0.29, 0.717) is 5.56 Å². The molecule has 1 aromatic carbocycles. The summed E-state index contributed by atoms with van der Waals surface area (Å²) in [5.41, 5.74) is 4.04. The van der Waals surface area contributed by atoms with Gasteiger partial charge in [0.1, 0.15) is 5.56 Å². The third-order valence-corrected chi connectivity index (χ3v) is 5.18. The lowest BCUT2D eigenvalue weighted by Crippen LogP contribution is -2.41. The topological polar surface area (TPSA) is 42.3 Å². The van der Waals surface area contributed by atoms with Crippen LogP contribution in [0.4, 0.5) is 5.69 Å². The zero-order valence-electron chi connectivity index (χ0n) is 14.4. The van der Waals surface area contributed by atoms with Crippen LogP contribution in [0, 0.1) is 13.8 Å². The van der Waals surface area contributed by atoms with E-state index in [2.05, 4.69) is 6.07 Å². The zero-order chi connectivity index (χ0) is 17.0. The van der Waals surface area contributed by atoms with E-state index >= 15 is 0 Å². The number of anilines is 1. The summed E-state index contributed by atoms with van der Waals surface area (Å²) in [4.78, 5) is 28.1. The fourth-order valence-corrected chi connectivity index (χ4v) is 3.95. The predicted molar refractivity (Wildman–Crippen MR) is 94.9 cm³/mol. The monoisotopic (exact) mass is 322 g/mol. The molecule has 1 atom stereocenters. The summed E-state index contributed by atoms with van der Waals surface area (Å²) >= 11 is 0. The summed E-state index contributed by atoms with van der Waals surface area (Å²) in [6.07, 6.45) is 2.89. The van der Waals surface area contributed by atoms with Gasteiger partial charge in [0.15, 0.2) is 0 Å². The molecule has 124 valence electrons. The maximum absolute atomic E-state index is 13.3. The Kier molecular flexibility index (Phi) is 3.37. The minimum Gasteiger partial charge on any atom is -0.309 e. The van der Waals surface area contributed by atoms with Gasteiger partial charge in [-0.2, -0.15) is 0 Å². The van der Waals surface area contributed by atoms with Crippen LogP contribution in [0.25, 0.3) is 0 Å². The minimum absolute atomic E-state index is 0.0735. The van der Waals surface area contributed by atoms with Crippen molar-refractivity contribution in [2.24, 2.45) is 0 Å². The number of carbonyl (C=O) groups is 1. The van der Waals surface area contributed by atoms with Gasteiger partial charge < -0.3 is 9.47 Å². The molecule has 1 aliphatic carbocycles. The highest BCUT2D eigenvalue weighted by Crippen LogP contribution is 2.36. The molecule has 1 unspecified atom stereocenters. The van der Waals surface area contributed by atoms with Gasteiger partial charge in [0.2, 0.25) is 0 Å². The average Bonchev–Trinajstić information content (AvgIpc) is 3.27. The summed E-state index contributed by atoms with van der Waals surface area (Å²) in [5.74, 6) is -0.163. The summed E-state index contributed by atoms with van der Waals surface area (Å²) in [5, 5.41) is 0. The van der Waals surface area contributed by atoms with Gasteiger partial charge in [0.05, 0.1) is 0 Å². The Bertz CT molecular complexity index is 893. The van der Waals surface area contributed by atoms with Crippen molar-refractivity contribution < 1.29 is 4.79 Å². The summed E-state index contributed by atoms with van der Waals surface area (Å²) in [7, 11) is 0. The largest absolute Gasteiger partial charge is 0.309 e. The van der Waals surface area contributed by atoms with E-state index in [0.717, 1.165) is 36.2 Å². The number of fused-ring (bicyclic) bond motifs is 1. The number of aromatic nitrogens is 1. The number of nitrogens with zero attached hydrogens (tertiary/aromatic N) is 2. The number of amides is 1. The first-order valence-electron chi connectivity index (χ1n) is 8.63. The molecular weight excluding hydrogens is 300 g/mol. The molecule has 4 nitrogen and oxygen atoms in total. The van der Waals surface area contributed by atoms with Gasteiger partial charge in [0.25, 0.3) is 11.5 Å².